The monoisotopic (exact) mass is 485 g/mol. The highest BCUT2D eigenvalue weighted by Gasteiger charge is 2.56. The number of fused-ring (bicyclic) bond motifs is 1. The van der Waals surface area contributed by atoms with Crippen molar-refractivity contribution in [1.82, 2.24) is 15.2 Å². The summed E-state index contributed by atoms with van der Waals surface area (Å²) in [5.74, 6) is -0.378. The molecule has 34 heavy (non-hydrogen) atoms. The topological polar surface area (TPSA) is 104 Å². The Labute approximate surface area is 202 Å². The van der Waals surface area contributed by atoms with Crippen molar-refractivity contribution in [3.8, 4) is 0 Å². The fourth-order valence-corrected chi connectivity index (χ4v) is 6.93. The van der Waals surface area contributed by atoms with E-state index in [1.807, 2.05) is 12.1 Å². The number of thiazole rings is 1. The van der Waals surface area contributed by atoms with Crippen LogP contribution in [0.4, 0.5) is 15.6 Å². The molecule has 1 spiro atoms. The van der Waals surface area contributed by atoms with Crippen molar-refractivity contribution in [2.45, 2.75) is 45.6 Å². The van der Waals surface area contributed by atoms with E-state index in [0.29, 0.717) is 37.7 Å². The summed E-state index contributed by atoms with van der Waals surface area (Å²) < 4.78 is 6.38. The molecule has 3 aliphatic rings. The molecule has 2 aromatic rings. The minimum absolute atomic E-state index is 0.0525. The minimum atomic E-state index is -0.907. The summed E-state index contributed by atoms with van der Waals surface area (Å²) in [5, 5.41) is 6.70. The smallest absolute Gasteiger partial charge is 0.325 e. The number of hydrogen-bond acceptors (Lipinski definition) is 7. The van der Waals surface area contributed by atoms with Crippen molar-refractivity contribution in [3.63, 3.8) is 0 Å². The van der Waals surface area contributed by atoms with Gasteiger partial charge < -0.3 is 20.3 Å². The third-order valence-corrected chi connectivity index (χ3v) is 7.95. The number of carbonyl (C=O) groups excluding carboxylic acids is 3. The summed E-state index contributed by atoms with van der Waals surface area (Å²) in [6.45, 7) is 9.06. The third kappa shape index (κ3) is 4.36. The van der Waals surface area contributed by atoms with Gasteiger partial charge in [-0.2, -0.15) is 0 Å². The van der Waals surface area contributed by atoms with Crippen LogP contribution in [0, 0.1) is 11.3 Å². The fourth-order valence-electron chi connectivity index (χ4n) is 5.87. The Morgan fingerprint density at radius 1 is 1.26 bits per heavy atom. The first-order chi connectivity index (χ1) is 16.1. The van der Waals surface area contributed by atoms with Gasteiger partial charge in [0.15, 0.2) is 5.13 Å². The number of aromatic nitrogens is 1. The molecule has 2 N–H and O–H groups in total. The van der Waals surface area contributed by atoms with Crippen molar-refractivity contribution >= 4 is 50.2 Å². The van der Waals surface area contributed by atoms with E-state index < -0.39 is 17.5 Å². The first kappa shape index (κ1) is 23.0. The molecule has 3 heterocycles. The standard InChI is InChI=1S/C24H31N5O4S/c1-15-11-23(2,3)14-24(12-15)20(31)29(21(32)27-24)13-19(30)25-16-4-5-17-18(10-16)34-22(26-17)28-6-8-33-9-7-28/h4-5,10,15H,6-9,11-14H2,1-3H3,(H,25,30)(H,27,32)/t15-,24+/m0/s1. The average molecular weight is 486 g/mol. The Morgan fingerprint density at radius 3 is 2.76 bits per heavy atom. The van der Waals surface area contributed by atoms with Gasteiger partial charge in [0.2, 0.25) is 5.91 Å². The number of carbonyl (C=O) groups is 3. The van der Waals surface area contributed by atoms with Crippen LogP contribution >= 0.6 is 11.3 Å². The molecule has 1 saturated carbocycles. The zero-order valence-electron chi connectivity index (χ0n) is 19.8. The lowest BCUT2D eigenvalue weighted by atomic mass is 9.64. The SMILES string of the molecule is C[C@H]1CC(C)(C)C[C@@]2(C1)NC(=O)N(CC(=O)Nc1ccc3nc(N4CCOCC4)sc3c1)C2=O. The second-order valence-corrected chi connectivity index (χ2v) is 11.6. The predicted octanol–water partition coefficient (Wildman–Crippen LogP) is 3.21. The van der Waals surface area contributed by atoms with Gasteiger partial charge in [0, 0.05) is 18.8 Å². The van der Waals surface area contributed by atoms with Gasteiger partial charge >= 0.3 is 6.03 Å². The number of benzene rings is 1. The first-order valence-electron chi connectivity index (χ1n) is 11.8. The van der Waals surface area contributed by atoms with Crippen molar-refractivity contribution < 1.29 is 19.1 Å². The molecule has 3 fully saturated rings. The maximum Gasteiger partial charge on any atom is 0.325 e. The second kappa shape index (κ2) is 8.49. The van der Waals surface area contributed by atoms with E-state index >= 15 is 0 Å². The number of nitrogens with one attached hydrogen (secondary N) is 2. The summed E-state index contributed by atoms with van der Waals surface area (Å²) in [6, 6.07) is 5.06. The zero-order valence-corrected chi connectivity index (χ0v) is 20.7. The Bertz CT molecular complexity index is 1140. The highest BCUT2D eigenvalue weighted by Crippen LogP contribution is 2.46. The molecule has 182 valence electrons. The van der Waals surface area contributed by atoms with Gasteiger partial charge in [0.25, 0.3) is 5.91 Å². The highest BCUT2D eigenvalue weighted by atomic mass is 32.1. The number of ether oxygens (including phenoxy) is 1. The van der Waals surface area contributed by atoms with Crippen LogP contribution in [-0.4, -0.2) is 66.1 Å². The highest BCUT2D eigenvalue weighted by molar-refractivity contribution is 7.22. The molecule has 0 bridgehead atoms. The molecule has 1 aliphatic carbocycles. The number of amides is 4. The molecule has 4 amide bonds. The lowest BCUT2D eigenvalue weighted by molar-refractivity contribution is -0.136. The normalized spacial score (nSPS) is 26.9. The van der Waals surface area contributed by atoms with E-state index in [2.05, 4.69) is 36.3 Å². The lowest BCUT2D eigenvalue weighted by Crippen LogP contribution is -2.54. The quantitative estimate of drug-likeness (QED) is 0.645. The maximum absolute atomic E-state index is 13.3. The number of rotatable bonds is 4. The Morgan fingerprint density at radius 2 is 2.03 bits per heavy atom. The summed E-state index contributed by atoms with van der Waals surface area (Å²) >= 11 is 1.57. The molecule has 1 aromatic heterocycles. The van der Waals surface area contributed by atoms with Crippen LogP contribution in [-0.2, 0) is 14.3 Å². The average Bonchev–Trinajstić information content (AvgIpc) is 3.27. The molecule has 2 aliphatic heterocycles. The molecular weight excluding hydrogens is 454 g/mol. The Kier molecular flexibility index (Phi) is 5.76. The lowest BCUT2D eigenvalue weighted by Gasteiger charge is -2.43. The van der Waals surface area contributed by atoms with Crippen molar-refractivity contribution in [1.29, 1.82) is 0 Å². The molecule has 2 saturated heterocycles. The molecule has 0 unspecified atom stereocenters. The van der Waals surface area contributed by atoms with E-state index in [0.717, 1.165) is 39.8 Å². The minimum Gasteiger partial charge on any atom is -0.378 e. The van der Waals surface area contributed by atoms with Crippen LogP contribution in [0.5, 0.6) is 0 Å². The molecule has 5 rings (SSSR count). The Balaban J connectivity index is 1.26. The zero-order chi connectivity index (χ0) is 24.1. The number of imide groups is 1. The van der Waals surface area contributed by atoms with E-state index in [1.54, 1.807) is 17.4 Å². The molecule has 1 aromatic carbocycles. The number of morpholine rings is 1. The van der Waals surface area contributed by atoms with E-state index in [4.69, 9.17) is 9.72 Å². The summed E-state index contributed by atoms with van der Waals surface area (Å²) in [6.07, 6.45) is 2.19. The number of urea groups is 1. The molecule has 0 radical (unpaired) electrons. The maximum atomic E-state index is 13.3. The summed E-state index contributed by atoms with van der Waals surface area (Å²) in [7, 11) is 0. The van der Waals surface area contributed by atoms with Gasteiger partial charge in [0.1, 0.15) is 12.1 Å². The summed E-state index contributed by atoms with van der Waals surface area (Å²) in [4.78, 5) is 46.7. The van der Waals surface area contributed by atoms with Gasteiger partial charge in [-0.15, -0.1) is 0 Å². The predicted molar refractivity (Wildman–Crippen MR) is 131 cm³/mol. The molecule has 9 nitrogen and oxygen atoms in total. The van der Waals surface area contributed by atoms with Crippen LogP contribution < -0.4 is 15.5 Å². The van der Waals surface area contributed by atoms with Crippen molar-refractivity contribution in [3.05, 3.63) is 18.2 Å². The second-order valence-electron chi connectivity index (χ2n) is 10.6. The van der Waals surface area contributed by atoms with E-state index in [-0.39, 0.29) is 17.9 Å². The number of anilines is 2. The molecule has 10 heteroatoms. The van der Waals surface area contributed by atoms with Gasteiger partial charge in [-0.05, 0) is 48.8 Å². The number of nitrogens with zero attached hydrogens (tertiary/aromatic N) is 3. The van der Waals surface area contributed by atoms with Crippen LogP contribution in [0.15, 0.2) is 18.2 Å². The molecular formula is C24H31N5O4S. The van der Waals surface area contributed by atoms with Crippen LogP contribution in [0.2, 0.25) is 0 Å². The van der Waals surface area contributed by atoms with Crippen LogP contribution in [0.3, 0.4) is 0 Å². The van der Waals surface area contributed by atoms with Crippen molar-refractivity contribution in [2.24, 2.45) is 11.3 Å². The third-order valence-electron chi connectivity index (χ3n) is 6.87. The largest absolute Gasteiger partial charge is 0.378 e. The van der Waals surface area contributed by atoms with Crippen molar-refractivity contribution in [2.75, 3.05) is 43.1 Å². The summed E-state index contributed by atoms with van der Waals surface area (Å²) in [5.41, 5.74) is 0.525. The van der Waals surface area contributed by atoms with Crippen LogP contribution in [0.25, 0.3) is 10.2 Å². The van der Waals surface area contributed by atoms with Gasteiger partial charge in [-0.25, -0.2) is 9.78 Å². The Hall–Kier alpha value is -2.72. The van der Waals surface area contributed by atoms with Gasteiger partial charge in [-0.1, -0.05) is 32.1 Å². The number of hydrogen-bond donors (Lipinski definition) is 2. The van der Waals surface area contributed by atoms with E-state index in [1.165, 1.54) is 0 Å². The van der Waals surface area contributed by atoms with Gasteiger partial charge in [0.05, 0.1) is 23.4 Å². The van der Waals surface area contributed by atoms with Gasteiger partial charge in [-0.3, -0.25) is 14.5 Å². The fraction of sp³-hybridized carbons (Fsp3) is 0.583. The van der Waals surface area contributed by atoms with E-state index in [9.17, 15) is 14.4 Å². The molecule has 2 atom stereocenters. The van der Waals surface area contributed by atoms with Crippen LogP contribution in [0.1, 0.15) is 40.0 Å². The first-order valence-corrected chi connectivity index (χ1v) is 12.6.